The minimum Gasteiger partial charge on any atom is -0.478 e. The molecule has 1 fully saturated rings. The lowest BCUT2D eigenvalue weighted by atomic mass is 9.80. The van der Waals surface area contributed by atoms with E-state index in [-0.39, 0.29) is 0 Å². The molecule has 0 saturated heterocycles. The lowest BCUT2D eigenvalue weighted by Crippen LogP contribution is -2.10. The molecule has 0 aliphatic heterocycles. The Labute approximate surface area is 121 Å². The smallest absolute Gasteiger partial charge is 0.328 e. The number of aliphatic carboxylic acids is 1. The zero-order chi connectivity index (χ0) is 14.5. The molecule has 2 rings (SSSR count). The summed E-state index contributed by atoms with van der Waals surface area (Å²) in [6, 6.07) is 8.41. The highest BCUT2D eigenvalue weighted by Gasteiger charge is 2.20. The second-order valence-corrected chi connectivity index (χ2v) is 6.05. The normalized spacial score (nSPS) is 17.4. The van der Waals surface area contributed by atoms with Crippen molar-refractivity contribution in [1.82, 2.24) is 0 Å². The van der Waals surface area contributed by atoms with E-state index in [4.69, 9.17) is 5.11 Å². The van der Waals surface area contributed by atoms with Crippen molar-refractivity contribution in [2.45, 2.75) is 51.9 Å². The molecule has 1 aliphatic rings. The van der Waals surface area contributed by atoms with Crippen LogP contribution in [0.2, 0.25) is 0 Å². The molecule has 108 valence electrons. The van der Waals surface area contributed by atoms with Gasteiger partial charge in [0.1, 0.15) is 0 Å². The van der Waals surface area contributed by atoms with Crippen molar-refractivity contribution >= 4 is 11.5 Å². The standard InChI is InChI=1S/C18H24O2/c1-13(2)14-8-10-16(11-9-14)17(12-18(19)20)15-6-4-3-5-7-15/h8-13,15H,3-7H2,1-2H3,(H,19,20)/b17-12+. The molecule has 0 atom stereocenters. The van der Waals surface area contributed by atoms with Crippen molar-refractivity contribution in [3.63, 3.8) is 0 Å². The number of hydrogen-bond donors (Lipinski definition) is 1. The Hall–Kier alpha value is -1.57. The SMILES string of the molecule is CC(C)c1ccc(/C(=C/C(=O)O)C2CCCCC2)cc1. The van der Waals surface area contributed by atoms with Gasteiger partial charge in [-0.1, -0.05) is 57.4 Å². The molecular formula is C18H24O2. The van der Waals surface area contributed by atoms with E-state index >= 15 is 0 Å². The van der Waals surface area contributed by atoms with E-state index in [2.05, 4.69) is 38.1 Å². The van der Waals surface area contributed by atoms with Crippen LogP contribution in [0.4, 0.5) is 0 Å². The van der Waals surface area contributed by atoms with Gasteiger partial charge in [-0.2, -0.15) is 0 Å². The maximum atomic E-state index is 11.1. The monoisotopic (exact) mass is 272 g/mol. The molecule has 2 nitrogen and oxygen atoms in total. The molecule has 0 unspecified atom stereocenters. The van der Waals surface area contributed by atoms with Crippen LogP contribution in [0.3, 0.4) is 0 Å². The fourth-order valence-corrected chi connectivity index (χ4v) is 3.04. The van der Waals surface area contributed by atoms with E-state index in [0.29, 0.717) is 11.8 Å². The van der Waals surface area contributed by atoms with Crippen LogP contribution in [0.15, 0.2) is 30.3 Å². The summed E-state index contributed by atoms with van der Waals surface area (Å²) in [4.78, 5) is 11.1. The van der Waals surface area contributed by atoms with Crippen LogP contribution in [0.5, 0.6) is 0 Å². The number of carboxylic acids is 1. The number of allylic oxidation sites excluding steroid dienone is 1. The molecular weight excluding hydrogens is 248 g/mol. The molecule has 0 heterocycles. The van der Waals surface area contributed by atoms with Crippen LogP contribution in [0.1, 0.15) is 63.0 Å². The Balaban J connectivity index is 2.28. The van der Waals surface area contributed by atoms with Gasteiger partial charge in [0.2, 0.25) is 0 Å². The van der Waals surface area contributed by atoms with Crippen LogP contribution in [-0.4, -0.2) is 11.1 Å². The van der Waals surface area contributed by atoms with Gasteiger partial charge < -0.3 is 5.11 Å². The van der Waals surface area contributed by atoms with E-state index in [1.165, 1.54) is 30.9 Å². The highest BCUT2D eigenvalue weighted by molar-refractivity contribution is 5.90. The number of rotatable bonds is 4. The third-order valence-corrected chi connectivity index (χ3v) is 4.23. The molecule has 0 aromatic heterocycles. The summed E-state index contributed by atoms with van der Waals surface area (Å²) < 4.78 is 0. The van der Waals surface area contributed by atoms with Crippen molar-refractivity contribution in [2.24, 2.45) is 5.92 Å². The minimum absolute atomic E-state index is 0.407. The largest absolute Gasteiger partial charge is 0.478 e. The highest BCUT2D eigenvalue weighted by Crippen LogP contribution is 2.35. The van der Waals surface area contributed by atoms with Gasteiger partial charge in [-0.25, -0.2) is 4.79 Å². The Morgan fingerprint density at radius 1 is 1.15 bits per heavy atom. The van der Waals surface area contributed by atoms with Gasteiger partial charge in [0.25, 0.3) is 0 Å². The Morgan fingerprint density at radius 2 is 1.75 bits per heavy atom. The molecule has 2 heteroatoms. The van der Waals surface area contributed by atoms with E-state index in [0.717, 1.165) is 24.0 Å². The van der Waals surface area contributed by atoms with Gasteiger partial charge in [-0.3, -0.25) is 0 Å². The molecule has 0 amide bonds. The van der Waals surface area contributed by atoms with E-state index in [9.17, 15) is 4.79 Å². The second-order valence-electron chi connectivity index (χ2n) is 6.05. The fraction of sp³-hybridized carbons (Fsp3) is 0.500. The molecule has 1 aromatic rings. The molecule has 1 saturated carbocycles. The third-order valence-electron chi connectivity index (χ3n) is 4.23. The molecule has 0 radical (unpaired) electrons. The Kier molecular flexibility index (Phi) is 4.99. The fourth-order valence-electron chi connectivity index (χ4n) is 3.04. The van der Waals surface area contributed by atoms with E-state index in [1.807, 2.05) is 0 Å². The molecule has 1 N–H and O–H groups in total. The van der Waals surface area contributed by atoms with Gasteiger partial charge in [0.15, 0.2) is 0 Å². The summed E-state index contributed by atoms with van der Waals surface area (Å²) in [7, 11) is 0. The summed E-state index contributed by atoms with van der Waals surface area (Å²) in [5.74, 6) is 0.0777. The number of carboxylic acid groups (broad SMARTS) is 1. The average molecular weight is 272 g/mol. The van der Waals surface area contributed by atoms with Gasteiger partial charge in [-0.05, 0) is 41.4 Å². The van der Waals surface area contributed by atoms with Crippen LogP contribution in [0.25, 0.3) is 5.57 Å². The lowest BCUT2D eigenvalue weighted by Gasteiger charge is -2.24. The van der Waals surface area contributed by atoms with Gasteiger partial charge in [-0.15, -0.1) is 0 Å². The zero-order valence-electron chi connectivity index (χ0n) is 12.4. The first-order chi connectivity index (χ1) is 9.58. The summed E-state index contributed by atoms with van der Waals surface area (Å²) in [6.07, 6.45) is 7.36. The van der Waals surface area contributed by atoms with Crippen molar-refractivity contribution < 1.29 is 9.90 Å². The molecule has 1 aliphatic carbocycles. The maximum absolute atomic E-state index is 11.1. The second kappa shape index (κ2) is 6.74. The maximum Gasteiger partial charge on any atom is 0.328 e. The van der Waals surface area contributed by atoms with E-state index < -0.39 is 5.97 Å². The predicted molar refractivity (Wildman–Crippen MR) is 82.7 cm³/mol. The lowest BCUT2D eigenvalue weighted by molar-refractivity contribution is -0.131. The first-order valence-corrected chi connectivity index (χ1v) is 7.62. The minimum atomic E-state index is -0.835. The quantitative estimate of drug-likeness (QED) is 0.795. The van der Waals surface area contributed by atoms with Crippen LogP contribution in [-0.2, 0) is 4.79 Å². The van der Waals surface area contributed by atoms with Crippen molar-refractivity contribution in [2.75, 3.05) is 0 Å². The van der Waals surface area contributed by atoms with Crippen LogP contribution >= 0.6 is 0 Å². The third kappa shape index (κ3) is 3.72. The topological polar surface area (TPSA) is 37.3 Å². The predicted octanol–water partition coefficient (Wildman–Crippen LogP) is 4.86. The van der Waals surface area contributed by atoms with Gasteiger partial charge >= 0.3 is 5.97 Å². The first-order valence-electron chi connectivity index (χ1n) is 7.62. The summed E-state index contributed by atoms with van der Waals surface area (Å²) in [6.45, 7) is 4.34. The number of benzene rings is 1. The van der Waals surface area contributed by atoms with Crippen molar-refractivity contribution in [3.05, 3.63) is 41.5 Å². The number of carbonyl (C=O) groups is 1. The zero-order valence-corrected chi connectivity index (χ0v) is 12.4. The highest BCUT2D eigenvalue weighted by atomic mass is 16.4. The molecule has 0 bridgehead atoms. The van der Waals surface area contributed by atoms with Gasteiger partial charge in [0.05, 0.1) is 0 Å². The first kappa shape index (κ1) is 14.8. The van der Waals surface area contributed by atoms with Crippen LogP contribution in [0, 0.1) is 5.92 Å². The van der Waals surface area contributed by atoms with Crippen LogP contribution < -0.4 is 0 Å². The Morgan fingerprint density at radius 3 is 2.25 bits per heavy atom. The van der Waals surface area contributed by atoms with Crippen molar-refractivity contribution in [1.29, 1.82) is 0 Å². The number of hydrogen-bond acceptors (Lipinski definition) is 1. The Bertz CT molecular complexity index is 477. The summed E-state index contributed by atoms with van der Waals surface area (Å²) >= 11 is 0. The molecule has 20 heavy (non-hydrogen) atoms. The average Bonchev–Trinajstić information content (AvgIpc) is 2.45. The molecule has 1 aromatic carbocycles. The van der Waals surface area contributed by atoms with Gasteiger partial charge in [0, 0.05) is 6.08 Å². The van der Waals surface area contributed by atoms with Crippen molar-refractivity contribution in [3.8, 4) is 0 Å². The molecule has 0 spiro atoms. The summed E-state index contributed by atoms with van der Waals surface area (Å²) in [5.41, 5.74) is 3.38. The van der Waals surface area contributed by atoms with E-state index in [1.54, 1.807) is 0 Å². The summed E-state index contributed by atoms with van der Waals surface area (Å²) in [5, 5.41) is 9.14.